The maximum atomic E-state index is 13.1. The Morgan fingerprint density at radius 1 is 0.967 bits per heavy atom. The molecule has 4 rings (SSSR count). The molecule has 1 amide bonds. The average Bonchev–Trinajstić information content (AvgIpc) is 2.79. The largest absolute Gasteiger partial charge is 0.345 e. The summed E-state index contributed by atoms with van der Waals surface area (Å²) in [5.74, 6) is -0.267. The van der Waals surface area contributed by atoms with Crippen molar-refractivity contribution in [2.75, 3.05) is 11.4 Å². The molecular weight excluding hydrogens is 396 g/mol. The lowest BCUT2D eigenvalue weighted by molar-refractivity contribution is 0.0932. The van der Waals surface area contributed by atoms with Crippen LogP contribution in [0.2, 0.25) is 0 Å². The van der Waals surface area contributed by atoms with Gasteiger partial charge in [0, 0.05) is 12.6 Å². The normalized spacial score (nSPS) is 15.8. The predicted molar refractivity (Wildman–Crippen MR) is 118 cm³/mol. The van der Waals surface area contributed by atoms with Gasteiger partial charge in [-0.15, -0.1) is 0 Å². The van der Waals surface area contributed by atoms with Gasteiger partial charge in [-0.2, -0.15) is 0 Å². The fraction of sp³-hybridized carbons (Fsp3) is 0.208. The van der Waals surface area contributed by atoms with Gasteiger partial charge in [0.25, 0.3) is 15.9 Å². The molecule has 5 nitrogen and oxygen atoms in total. The number of aryl methyl sites for hydroxylation is 1. The molecule has 3 aromatic rings. The van der Waals surface area contributed by atoms with Crippen molar-refractivity contribution in [2.24, 2.45) is 0 Å². The number of anilines is 1. The molecule has 1 aliphatic rings. The molecule has 3 aromatic carbocycles. The minimum absolute atomic E-state index is 0.0605. The molecule has 0 radical (unpaired) electrons. The van der Waals surface area contributed by atoms with Crippen LogP contribution in [0.25, 0.3) is 0 Å². The Balaban J connectivity index is 1.57. The number of nitrogens with zero attached hydrogens (tertiary/aromatic N) is 1. The number of benzene rings is 3. The van der Waals surface area contributed by atoms with Crippen molar-refractivity contribution in [3.05, 3.63) is 95.6 Å². The number of rotatable bonds is 5. The number of para-hydroxylation sites is 1. The number of hydrogen-bond acceptors (Lipinski definition) is 3. The Bertz CT molecular complexity index is 1160. The van der Waals surface area contributed by atoms with Crippen LogP contribution in [-0.4, -0.2) is 21.4 Å². The lowest BCUT2D eigenvalue weighted by Gasteiger charge is -2.26. The fourth-order valence-electron chi connectivity index (χ4n) is 3.88. The van der Waals surface area contributed by atoms with Crippen LogP contribution in [-0.2, 0) is 16.4 Å². The van der Waals surface area contributed by atoms with E-state index in [9.17, 15) is 13.2 Å². The Hall–Kier alpha value is -3.12. The molecule has 154 valence electrons. The van der Waals surface area contributed by atoms with Crippen molar-refractivity contribution in [3.8, 4) is 0 Å². The monoisotopic (exact) mass is 420 g/mol. The predicted octanol–water partition coefficient (Wildman–Crippen LogP) is 4.32. The number of amides is 1. The highest BCUT2D eigenvalue weighted by Gasteiger charge is 2.24. The number of sulfonamides is 1. The third-order valence-electron chi connectivity index (χ3n) is 5.55. The summed E-state index contributed by atoms with van der Waals surface area (Å²) in [5, 5.41) is 3.08. The highest BCUT2D eigenvalue weighted by atomic mass is 32.2. The van der Waals surface area contributed by atoms with Gasteiger partial charge in [-0.1, -0.05) is 48.5 Å². The van der Waals surface area contributed by atoms with Crippen molar-refractivity contribution >= 4 is 21.6 Å². The molecule has 30 heavy (non-hydrogen) atoms. The van der Waals surface area contributed by atoms with Crippen molar-refractivity contribution in [1.29, 1.82) is 0 Å². The summed E-state index contributed by atoms with van der Waals surface area (Å²) in [4.78, 5) is 13.0. The second-order valence-corrected chi connectivity index (χ2v) is 9.42. The van der Waals surface area contributed by atoms with Gasteiger partial charge in [-0.25, -0.2) is 8.42 Å². The summed E-state index contributed by atoms with van der Waals surface area (Å²) < 4.78 is 27.3. The van der Waals surface area contributed by atoms with Gasteiger partial charge in [0.05, 0.1) is 16.6 Å². The lowest BCUT2D eigenvalue weighted by atomic mass is 9.87. The summed E-state index contributed by atoms with van der Waals surface area (Å²) in [7, 11) is -2.27. The molecule has 0 aromatic heterocycles. The Morgan fingerprint density at radius 2 is 1.70 bits per heavy atom. The van der Waals surface area contributed by atoms with Crippen LogP contribution in [0.3, 0.4) is 0 Å². The molecule has 1 atom stereocenters. The zero-order valence-corrected chi connectivity index (χ0v) is 17.6. The molecule has 0 heterocycles. The fourth-order valence-corrected chi connectivity index (χ4v) is 5.12. The molecule has 0 fully saturated rings. The SMILES string of the molecule is CN(c1ccccc1)S(=O)(=O)c1cccc(C(=O)NC2CCCc3ccccc32)c1. The highest BCUT2D eigenvalue weighted by molar-refractivity contribution is 7.92. The van der Waals surface area contributed by atoms with E-state index < -0.39 is 10.0 Å². The van der Waals surface area contributed by atoms with Gasteiger partial charge in [0.15, 0.2) is 0 Å². The van der Waals surface area contributed by atoms with Crippen molar-refractivity contribution in [2.45, 2.75) is 30.2 Å². The summed E-state index contributed by atoms with van der Waals surface area (Å²) in [5.41, 5.74) is 3.30. The van der Waals surface area contributed by atoms with Crippen LogP contribution in [0, 0.1) is 0 Å². The molecule has 6 heteroatoms. The summed E-state index contributed by atoms with van der Waals surface area (Å²) in [6.45, 7) is 0. The summed E-state index contributed by atoms with van der Waals surface area (Å²) >= 11 is 0. The number of carbonyl (C=O) groups excluding carboxylic acids is 1. The van der Waals surface area contributed by atoms with Crippen molar-refractivity contribution in [1.82, 2.24) is 5.32 Å². The average molecular weight is 421 g/mol. The quantitative estimate of drug-likeness (QED) is 0.669. The van der Waals surface area contributed by atoms with E-state index in [0.717, 1.165) is 24.8 Å². The van der Waals surface area contributed by atoms with Crippen molar-refractivity contribution < 1.29 is 13.2 Å². The highest BCUT2D eigenvalue weighted by Crippen LogP contribution is 2.30. The maximum Gasteiger partial charge on any atom is 0.264 e. The molecule has 0 spiro atoms. The molecule has 1 aliphatic carbocycles. The van der Waals surface area contributed by atoms with Crippen LogP contribution < -0.4 is 9.62 Å². The van der Waals surface area contributed by atoms with Gasteiger partial charge in [0.2, 0.25) is 0 Å². The van der Waals surface area contributed by atoms with Gasteiger partial charge in [-0.3, -0.25) is 9.10 Å². The topological polar surface area (TPSA) is 66.5 Å². The number of fused-ring (bicyclic) bond motifs is 1. The second kappa shape index (κ2) is 8.32. The van der Waals surface area contributed by atoms with Crippen molar-refractivity contribution in [3.63, 3.8) is 0 Å². The summed E-state index contributed by atoms with van der Waals surface area (Å²) in [6, 6.07) is 23.2. The van der Waals surface area contributed by atoms with E-state index in [0.29, 0.717) is 11.3 Å². The third-order valence-corrected chi connectivity index (χ3v) is 7.33. The van der Waals surface area contributed by atoms with E-state index in [4.69, 9.17) is 0 Å². The first-order valence-electron chi connectivity index (χ1n) is 9.99. The summed E-state index contributed by atoms with van der Waals surface area (Å²) in [6.07, 6.45) is 2.90. The molecular formula is C24H24N2O3S. The Labute approximate surface area is 177 Å². The zero-order valence-electron chi connectivity index (χ0n) is 16.8. The lowest BCUT2D eigenvalue weighted by Crippen LogP contribution is -2.31. The van der Waals surface area contributed by atoms with Crippen LogP contribution in [0.5, 0.6) is 0 Å². The first-order chi connectivity index (χ1) is 14.5. The molecule has 0 saturated carbocycles. The molecule has 0 saturated heterocycles. The standard InChI is InChI=1S/C24H24N2O3S/c1-26(20-12-3-2-4-13-20)30(28,29)21-14-7-11-19(17-21)24(27)25-23-16-8-10-18-9-5-6-15-22(18)23/h2-7,9,11-15,17,23H,8,10,16H2,1H3,(H,25,27). The smallest absolute Gasteiger partial charge is 0.264 e. The molecule has 1 unspecified atom stereocenters. The van der Waals surface area contributed by atoms with E-state index in [1.807, 2.05) is 18.2 Å². The van der Waals surface area contributed by atoms with E-state index in [1.54, 1.807) is 36.4 Å². The zero-order chi connectivity index (χ0) is 21.1. The third kappa shape index (κ3) is 3.96. The minimum atomic E-state index is -3.78. The number of carbonyl (C=O) groups is 1. The van der Waals surface area contributed by atoms with Gasteiger partial charge in [0.1, 0.15) is 0 Å². The Kier molecular flexibility index (Phi) is 5.59. The van der Waals surface area contributed by atoms with Crippen LogP contribution in [0.4, 0.5) is 5.69 Å². The van der Waals surface area contributed by atoms with Crippen LogP contribution in [0.1, 0.15) is 40.4 Å². The molecule has 0 bridgehead atoms. The van der Waals surface area contributed by atoms with E-state index >= 15 is 0 Å². The minimum Gasteiger partial charge on any atom is -0.345 e. The van der Waals surface area contributed by atoms with Crippen LogP contribution in [0.15, 0.2) is 83.8 Å². The first-order valence-corrected chi connectivity index (χ1v) is 11.4. The number of hydrogen-bond donors (Lipinski definition) is 1. The van der Waals surface area contributed by atoms with E-state index in [1.165, 1.54) is 29.0 Å². The van der Waals surface area contributed by atoms with Crippen LogP contribution >= 0.6 is 0 Å². The Morgan fingerprint density at radius 3 is 2.50 bits per heavy atom. The molecule has 1 N–H and O–H groups in total. The van der Waals surface area contributed by atoms with E-state index in [2.05, 4.69) is 17.4 Å². The van der Waals surface area contributed by atoms with E-state index in [-0.39, 0.29) is 16.8 Å². The van der Waals surface area contributed by atoms with Gasteiger partial charge < -0.3 is 5.32 Å². The maximum absolute atomic E-state index is 13.1. The number of nitrogens with one attached hydrogen (secondary N) is 1. The van der Waals surface area contributed by atoms with Gasteiger partial charge in [-0.05, 0) is 60.7 Å². The molecule has 0 aliphatic heterocycles. The first kappa shape index (κ1) is 20.2. The van der Waals surface area contributed by atoms with Gasteiger partial charge >= 0.3 is 0 Å². The second-order valence-electron chi connectivity index (χ2n) is 7.45.